The molecule has 0 unspecified atom stereocenters. The van der Waals surface area contributed by atoms with Crippen LogP contribution in [0.5, 0.6) is 0 Å². The summed E-state index contributed by atoms with van der Waals surface area (Å²) >= 11 is 3.54. The second kappa shape index (κ2) is 7.58. The number of rotatable bonds is 4. The lowest BCUT2D eigenvalue weighted by molar-refractivity contribution is 0.617. The van der Waals surface area contributed by atoms with E-state index < -0.39 is 0 Å². The second-order valence-corrected chi connectivity index (χ2v) is 6.58. The second-order valence-electron chi connectivity index (χ2n) is 5.73. The third-order valence-electron chi connectivity index (χ3n) is 4.01. The number of para-hydroxylation sites is 1. The molecule has 0 amide bonds. The number of hydrogen-bond acceptors (Lipinski definition) is 4. The molecule has 4 nitrogen and oxygen atoms in total. The number of hydrogen-bond donors (Lipinski definition) is 2. The van der Waals surface area contributed by atoms with Crippen molar-refractivity contribution in [2.75, 3.05) is 10.6 Å². The van der Waals surface area contributed by atoms with Crippen LogP contribution < -0.4 is 10.6 Å². The van der Waals surface area contributed by atoms with E-state index in [-0.39, 0.29) is 0 Å². The molecule has 116 valence electrons. The molecule has 22 heavy (non-hydrogen) atoms. The molecule has 2 aromatic rings. The summed E-state index contributed by atoms with van der Waals surface area (Å²) in [6.45, 7) is 0. The van der Waals surface area contributed by atoms with E-state index in [0.717, 1.165) is 21.8 Å². The van der Waals surface area contributed by atoms with Gasteiger partial charge in [0.05, 0.1) is 5.69 Å². The van der Waals surface area contributed by atoms with Gasteiger partial charge in [0.15, 0.2) is 0 Å². The molecule has 0 aliphatic heterocycles. The number of nitrogens with zero attached hydrogens (tertiary/aromatic N) is 2. The number of anilines is 3. The van der Waals surface area contributed by atoms with Gasteiger partial charge in [-0.05, 0) is 40.9 Å². The van der Waals surface area contributed by atoms with Crippen molar-refractivity contribution in [3.8, 4) is 0 Å². The van der Waals surface area contributed by atoms with E-state index in [4.69, 9.17) is 0 Å². The molecule has 0 spiro atoms. The SMILES string of the molecule is Brc1ccccc1Nc1cc(NC2CCCCCC2)ncn1. The maximum atomic E-state index is 4.35. The quantitative estimate of drug-likeness (QED) is 0.743. The summed E-state index contributed by atoms with van der Waals surface area (Å²) in [4.78, 5) is 8.66. The molecule has 3 rings (SSSR count). The Balaban J connectivity index is 1.68. The van der Waals surface area contributed by atoms with E-state index in [1.165, 1.54) is 38.5 Å². The average molecular weight is 361 g/mol. The first-order valence-corrected chi connectivity index (χ1v) is 8.71. The molecule has 5 heteroatoms. The van der Waals surface area contributed by atoms with Crippen LogP contribution in [0.2, 0.25) is 0 Å². The minimum atomic E-state index is 0.536. The molecular weight excluding hydrogens is 340 g/mol. The van der Waals surface area contributed by atoms with Gasteiger partial charge in [0.1, 0.15) is 18.0 Å². The van der Waals surface area contributed by atoms with Crippen molar-refractivity contribution in [2.45, 2.75) is 44.6 Å². The zero-order valence-corrected chi connectivity index (χ0v) is 14.1. The lowest BCUT2D eigenvalue weighted by Crippen LogP contribution is -2.19. The molecule has 1 aromatic carbocycles. The summed E-state index contributed by atoms with van der Waals surface area (Å²) in [6, 6.07) is 10.5. The van der Waals surface area contributed by atoms with Gasteiger partial charge in [-0.2, -0.15) is 0 Å². The van der Waals surface area contributed by atoms with E-state index in [1.807, 2.05) is 30.3 Å². The molecule has 1 saturated carbocycles. The van der Waals surface area contributed by atoms with Gasteiger partial charge in [-0.3, -0.25) is 0 Å². The van der Waals surface area contributed by atoms with Crippen molar-refractivity contribution in [3.05, 3.63) is 41.1 Å². The Morgan fingerprint density at radius 3 is 2.45 bits per heavy atom. The summed E-state index contributed by atoms with van der Waals surface area (Å²) in [5, 5.41) is 6.88. The Kier molecular flexibility index (Phi) is 5.27. The molecule has 2 N–H and O–H groups in total. The first-order chi connectivity index (χ1) is 10.8. The standard InChI is InChI=1S/C17H21BrN4/c18-14-9-5-6-10-15(14)22-17-11-16(19-12-20-17)21-13-7-3-1-2-4-8-13/h5-6,9-13H,1-4,7-8H2,(H2,19,20,21,22). The fourth-order valence-electron chi connectivity index (χ4n) is 2.84. The fraction of sp³-hybridized carbons (Fsp3) is 0.412. The van der Waals surface area contributed by atoms with Crippen LogP contribution in [0.4, 0.5) is 17.3 Å². The number of benzene rings is 1. The van der Waals surface area contributed by atoms with Crippen molar-refractivity contribution >= 4 is 33.3 Å². The van der Waals surface area contributed by atoms with Gasteiger partial charge in [-0.1, -0.05) is 37.8 Å². The maximum absolute atomic E-state index is 4.35. The monoisotopic (exact) mass is 360 g/mol. The molecule has 1 aromatic heterocycles. The van der Waals surface area contributed by atoms with Crippen molar-refractivity contribution in [1.29, 1.82) is 0 Å². The normalized spacial score (nSPS) is 16.0. The molecule has 1 aliphatic rings. The van der Waals surface area contributed by atoms with E-state index >= 15 is 0 Å². The third kappa shape index (κ3) is 4.19. The smallest absolute Gasteiger partial charge is 0.135 e. The van der Waals surface area contributed by atoms with E-state index in [9.17, 15) is 0 Å². The number of aromatic nitrogens is 2. The van der Waals surface area contributed by atoms with Crippen LogP contribution in [0, 0.1) is 0 Å². The molecule has 0 radical (unpaired) electrons. The highest BCUT2D eigenvalue weighted by Crippen LogP contribution is 2.25. The van der Waals surface area contributed by atoms with Crippen LogP contribution in [-0.4, -0.2) is 16.0 Å². The van der Waals surface area contributed by atoms with Gasteiger partial charge in [0.25, 0.3) is 0 Å². The zero-order valence-electron chi connectivity index (χ0n) is 12.6. The largest absolute Gasteiger partial charge is 0.367 e. The van der Waals surface area contributed by atoms with Gasteiger partial charge in [-0.15, -0.1) is 0 Å². The predicted molar refractivity (Wildman–Crippen MR) is 94.6 cm³/mol. The Hall–Kier alpha value is -1.62. The Morgan fingerprint density at radius 2 is 1.68 bits per heavy atom. The van der Waals surface area contributed by atoms with Crippen LogP contribution in [0.3, 0.4) is 0 Å². The van der Waals surface area contributed by atoms with E-state index in [1.54, 1.807) is 6.33 Å². The lowest BCUT2D eigenvalue weighted by atomic mass is 10.1. The van der Waals surface area contributed by atoms with Gasteiger partial charge < -0.3 is 10.6 Å². The predicted octanol–water partition coefficient (Wildman–Crippen LogP) is 5.12. The molecule has 0 bridgehead atoms. The maximum Gasteiger partial charge on any atom is 0.135 e. The van der Waals surface area contributed by atoms with Crippen LogP contribution in [0.15, 0.2) is 41.1 Å². The van der Waals surface area contributed by atoms with Crippen molar-refractivity contribution in [3.63, 3.8) is 0 Å². The fourth-order valence-corrected chi connectivity index (χ4v) is 3.22. The van der Waals surface area contributed by atoms with Gasteiger partial charge in [-0.25, -0.2) is 9.97 Å². The van der Waals surface area contributed by atoms with Crippen molar-refractivity contribution < 1.29 is 0 Å². The Morgan fingerprint density at radius 1 is 0.955 bits per heavy atom. The molecule has 0 atom stereocenters. The lowest BCUT2D eigenvalue weighted by Gasteiger charge is -2.17. The first-order valence-electron chi connectivity index (χ1n) is 7.91. The third-order valence-corrected chi connectivity index (χ3v) is 4.70. The van der Waals surface area contributed by atoms with Crippen LogP contribution in [0.1, 0.15) is 38.5 Å². The highest BCUT2D eigenvalue weighted by atomic mass is 79.9. The van der Waals surface area contributed by atoms with E-state index in [2.05, 4.69) is 36.5 Å². The summed E-state index contributed by atoms with van der Waals surface area (Å²) in [6.07, 6.45) is 9.41. The highest BCUT2D eigenvalue weighted by Gasteiger charge is 2.12. The van der Waals surface area contributed by atoms with Gasteiger partial charge in [0.2, 0.25) is 0 Å². The van der Waals surface area contributed by atoms with E-state index in [0.29, 0.717) is 6.04 Å². The topological polar surface area (TPSA) is 49.8 Å². The van der Waals surface area contributed by atoms with Gasteiger partial charge in [0, 0.05) is 16.6 Å². The van der Waals surface area contributed by atoms with Crippen molar-refractivity contribution in [2.24, 2.45) is 0 Å². The molecule has 1 aliphatic carbocycles. The van der Waals surface area contributed by atoms with Crippen LogP contribution in [-0.2, 0) is 0 Å². The first kappa shape index (κ1) is 15.3. The van der Waals surface area contributed by atoms with Crippen molar-refractivity contribution in [1.82, 2.24) is 9.97 Å². The summed E-state index contributed by atoms with van der Waals surface area (Å²) in [5.41, 5.74) is 1.00. The number of halogens is 1. The molecular formula is C17H21BrN4. The van der Waals surface area contributed by atoms with Crippen LogP contribution >= 0.6 is 15.9 Å². The van der Waals surface area contributed by atoms with Gasteiger partial charge >= 0.3 is 0 Å². The summed E-state index contributed by atoms with van der Waals surface area (Å²) in [5.74, 6) is 1.70. The summed E-state index contributed by atoms with van der Waals surface area (Å²) in [7, 11) is 0. The molecule has 1 heterocycles. The average Bonchev–Trinajstić information content (AvgIpc) is 2.79. The Labute approximate surface area is 139 Å². The minimum Gasteiger partial charge on any atom is -0.367 e. The summed E-state index contributed by atoms with van der Waals surface area (Å²) < 4.78 is 1.02. The van der Waals surface area contributed by atoms with Crippen LogP contribution in [0.25, 0.3) is 0 Å². The molecule has 1 fully saturated rings. The zero-order chi connectivity index (χ0) is 15.2. The molecule has 0 saturated heterocycles. The highest BCUT2D eigenvalue weighted by molar-refractivity contribution is 9.10. The minimum absolute atomic E-state index is 0.536. The number of nitrogens with one attached hydrogen (secondary N) is 2. The Bertz CT molecular complexity index is 609.